The first-order valence-corrected chi connectivity index (χ1v) is 14.7. The van der Waals surface area contributed by atoms with Gasteiger partial charge in [0.15, 0.2) is 0 Å². The monoisotopic (exact) mass is 538 g/mol. The largest absolute Gasteiger partial charge is 0.481 e. The standard InChI is InChI=1S/C32H42O5S/c33-30(34)23-24-38-29(31(35)27-20-16-21-28(25-27)32(36)37)22-15-10-8-6-4-2-1-3-5-7-9-12-17-26-18-13-11-14-19-26/h8,10-11,13-16,18-22,25,29,31,35H,1-7,9,12,17,23-24H2,(H,33,34)(H,36,37)/b10-8-,22-15+. The van der Waals surface area contributed by atoms with E-state index < -0.39 is 18.0 Å². The third-order valence-corrected chi connectivity index (χ3v) is 7.63. The van der Waals surface area contributed by atoms with Crippen molar-refractivity contribution in [3.05, 3.63) is 95.6 Å². The lowest BCUT2D eigenvalue weighted by Gasteiger charge is -2.20. The van der Waals surface area contributed by atoms with E-state index in [9.17, 15) is 19.8 Å². The molecule has 0 saturated carbocycles. The first-order valence-electron chi connectivity index (χ1n) is 13.7. The molecule has 5 nitrogen and oxygen atoms in total. The van der Waals surface area contributed by atoms with E-state index in [1.165, 1.54) is 80.8 Å². The van der Waals surface area contributed by atoms with Crippen LogP contribution < -0.4 is 0 Å². The highest BCUT2D eigenvalue weighted by atomic mass is 32.2. The van der Waals surface area contributed by atoms with Crippen LogP contribution in [-0.2, 0) is 11.2 Å². The molecule has 0 saturated heterocycles. The summed E-state index contributed by atoms with van der Waals surface area (Å²) in [6.07, 6.45) is 19.2. The lowest BCUT2D eigenvalue weighted by atomic mass is 10.0. The third kappa shape index (κ3) is 13.6. The minimum Gasteiger partial charge on any atom is -0.481 e. The van der Waals surface area contributed by atoms with Crippen LogP contribution in [0.15, 0.2) is 78.9 Å². The topological polar surface area (TPSA) is 94.8 Å². The van der Waals surface area contributed by atoms with E-state index in [0.717, 1.165) is 12.8 Å². The summed E-state index contributed by atoms with van der Waals surface area (Å²) in [6.45, 7) is 0. The van der Waals surface area contributed by atoms with Crippen molar-refractivity contribution in [3.63, 3.8) is 0 Å². The van der Waals surface area contributed by atoms with Crippen molar-refractivity contribution in [2.24, 2.45) is 0 Å². The Hall–Kier alpha value is -2.83. The third-order valence-electron chi connectivity index (χ3n) is 6.39. The molecule has 0 fully saturated rings. The molecule has 0 aliphatic carbocycles. The van der Waals surface area contributed by atoms with Gasteiger partial charge in [0.1, 0.15) is 0 Å². The van der Waals surface area contributed by atoms with Crippen molar-refractivity contribution in [3.8, 4) is 0 Å². The molecule has 0 heterocycles. The number of carboxylic acid groups (broad SMARTS) is 2. The van der Waals surface area contributed by atoms with Gasteiger partial charge in [-0.1, -0.05) is 105 Å². The lowest BCUT2D eigenvalue weighted by Crippen LogP contribution is -2.15. The summed E-state index contributed by atoms with van der Waals surface area (Å²) in [5, 5.41) is 28.7. The molecule has 2 aromatic rings. The van der Waals surface area contributed by atoms with E-state index >= 15 is 0 Å². The molecule has 0 amide bonds. The summed E-state index contributed by atoms with van der Waals surface area (Å²) >= 11 is 1.35. The molecular formula is C32H42O5S. The van der Waals surface area contributed by atoms with Crippen LogP contribution in [0.2, 0.25) is 0 Å². The zero-order valence-corrected chi connectivity index (χ0v) is 23.0. The molecule has 38 heavy (non-hydrogen) atoms. The molecule has 0 bridgehead atoms. The number of aryl methyl sites for hydroxylation is 1. The number of benzene rings is 2. The zero-order valence-electron chi connectivity index (χ0n) is 22.2. The Morgan fingerprint density at radius 2 is 1.50 bits per heavy atom. The van der Waals surface area contributed by atoms with Gasteiger partial charge < -0.3 is 15.3 Å². The fourth-order valence-corrected chi connectivity index (χ4v) is 5.33. The number of hydrogen-bond donors (Lipinski definition) is 3. The molecule has 0 aliphatic rings. The first kappa shape index (κ1) is 31.4. The van der Waals surface area contributed by atoms with Gasteiger partial charge in [0.2, 0.25) is 0 Å². The van der Waals surface area contributed by atoms with Crippen molar-refractivity contribution in [2.45, 2.75) is 82.0 Å². The van der Waals surface area contributed by atoms with Crippen LogP contribution in [0.25, 0.3) is 0 Å². The number of allylic oxidation sites excluding steroid dienone is 3. The van der Waals surface area contributed by atoms with Gasteiger partial charge in [-0.2, -0.15) is 11.8 Å². The second-order valence-corrected chi connectivity index (χ2v) is 10.8. The highest BCUT2D eigenvalue weighted by Crippen LogP contribution is 2.29. The van der Waals surface area contributed by atoms with Gasteiger partial charge in [0.25, 0.3) is 0 Å². The molecular weight excluding hydrogens is 496 g/mol. The van der Waals surface area contributed by atoms with Crippen molar-refractivity contribution >= 4 is 23.7 Å². The summed E-state index contributed by atoms with van der Waals surface area (Å²) in [5.74, 6) is -1.58. The number of aliphatic hydroxyl groups excluding tert-OH is 1. The van der Waals surface area contributed by atoms with Gasteiger partial charge in [0.05, 0.1) is 23.3 Å². The molecule has 206 valence electrons. The van der Waals surface area contributed by atoms with Crippen molar-refractivity contribution in [1.82, 2.24) is 0 Å². The average molecular weight is 539 g/mol. The molecule has 2 rings (SSSR count). The van der Waals surface area contributed by atoms with Crippen molar-refractivity contribution in [2.75, 3.05) is 5.75 Å². The quantitative estimate of drug-likeness (QED) is 0.117. The molecule has 2 unspecified atom stereocenters. The predicted molar refractivity (Wildman–Crippen MR) is 157 cm³/mol. The Kier molecular flexibility index (Phi) is 15.9. The first-order chi connectivity index (χ1) is 18.5. The Morgan fingerprint density at radius 1 is 0.816 bits per heavy atom. The summed E-state index contributed by atoms with van der Waals surface area (Å²) in [4.78, 5) is 22.2. The number of aliphatic carboxylic acids is 1. The van der Waals surface area contributed by atoms with Crippen LogP contribution in [0, 0.1) is 0 Å². The van der Waals surface area contributed by atoms with Gasteiger partial charge in [-0.3, -0.25) is 4.79 Å². The highest BCUT2D eigenvalue weighted by Gasteiger charge is 2.20. The lowest BCUT2D eigenvalue weighted by molar-refractivity contribution is -0.136. The fourth-order valence-electron chi connectivity index (χ4n) is 4.22. The van der Waals surface area contributed by atoms with Gasteiger partial charge >= 0.3 is 11.9 Å². The van der Waals surface area contributed by atoms with Crippen LogP contribution >= 0.6 is 11.8 Å². The van der Waals surface area contributed by atoms with Crippen LogP contribution in [-0.4, -0.2) is 38.3 Å². The molecule has 2 aromatic carbocycles. The summed E-state index contributed by atoms with van der Waals surface area (Å²) in [5.41, 5.74) is 2.05. The Bertz CT molecular complexity index is 1000. The number of thioether (sulfide) groups is 1. The van der Waals surface area contributed by atoms with Crippen molar-refractivity contribution in [1.29, 1.82) is 0 Å². The predicted octanol–water partition coefficient (Wildman–Crippen LogP) is 7.86. The van der Waals surface area contributed by atoms with E-state index in [0.29, 0.717) is 11.3 Å². The Morgan fingerprint density at radius 3 is 2.18 bits per heavy atom. The summed E-state index contributed by atoms with van der Waals surface area (Å²) < 4.78 is 0. The number of carboxylic acids is 2. The number of rotatable bonds is 20. The SMILES string of the molecule is O=C(O)CCSC(/C=C/C=C\CCCCCCCCCCc1ccccc1)C(O)c1cccc(C(=O)O)c1. The van der Waals surface area contributed by atoms with Crippen LogP contribution in [0.1, 0.15) is 91.8 Å². The van der Waals surface area contributed by atoms with Gasteiger partial charge in [-0.25, -0.2) is 4.79 Å². The van der Waals surface area contributed by atoms with Crippen LogP contribution in [0.3, 0.4) is 0 Å². The number of carbonyl (C=O) groups is 2. The van der Waals surface area contributed by atoms with E-state index in [1.54, 1.807) is 12.1 Å². The number of aliphatic hydroxyl groups is 1. The highest BCUT2D eigenvalue weighted by molar-refractivity contribution is 8.00. The maximum atomic E-state index is 11.3. The Labute approximate surface area is 231 Å². The van der Waals surface area contributed by atoms with Crippen molar-refractivity contribution < 1.29 is 24.9 Å². The minimum absolute atomic E-state index is 0.000416. The van der Waals surface area contributed by atoms with Crippen LogP contribution in [0.4, 0.5) is 0 Å². The van der Waals surface area contributed by atoms with Gasteiger partial charge in [0, 0.05) is 5.75 Å². The second kappa shape index (κ2) is 19.3. The van der Waals surface area contributed by atoms with Crippen LogP contribution in [0.5, 0.6) is 0 Å². The van der Waals surface area contributed by atoms with Gasteiger partial charge in [-0.15, -0.1) is 0 Å². The molecule has 0 aromatic heterocycles. The van der Waals surface area contributed by atoms with E-state index in [-0.39, 0.29) is 17.2 Å². The molecule has 2 atom stereocenters. The van der Waals surface area contributed by atoms with Gasteiger partial charge in [-0.05, 0) is 48.9 Å². The normalized spacial score (nSPS) is 13.2. The molecule has 0 aliphatic heterocycles. The van der Waals surface area contributed by atoms with E-state index in [1.807, 2.05) is 18.2 Å². The number of aromatic carboxylic acids is 1. The number of unbranched alkanes of at least 4 members (excludes halogenated alkanes) is 8. The summed E-state index contributed by atoms with van der Waals surface area (Å²) in [6, 6.07) is 16.9. The molecule has 0 spiro atoms. The minimum atomic E-state index is -1.05. The molecule has 6 heteroatoms. The number of hydrogen-bond acceptors (Lipinski definition) is 4. The fraction of sp³-hybridized carbons (Fsp3) is 0.438. The van der Waals surface area contributed by atoms with E-state index in [2.05, 4.69) is 36.4 Å². The zero-order chi connectivity index (χ0) is 27.4. The smallest absolute Gasteiger partial charge is 0.335 e. The molecule has 3 N–H and O–H groups in total. The average Bonchev–Trinajstić information content (AvgIpc) is 2.92. The maximum Gasteiger partial charge on any atom is 0.335 e. The summed E-state index contributed by atoms with van der Waals surface area (Å²) in [7, 11) is 0. The molecule has 0 radical (unpaired) electrons. The Balaban J connectivity index is 1.64. The van der Waals surface area contributed by atoms with E-state index in [4.69, 9.17) is 5.11 Å². The maximum absolute atomic E-state index is 11.3. The second-order valence-electron chi connectivity index (χ2n) is 9.52.